The Balaban J connectivity index is 1.76. The number of ether oxygens (including phenoxy) is 1. The van der Waals surface area contributed by atoms with Crippen LogP contribution in [-0.4, -0.2) is 37.7 Å². The highest BCUT2D eigenvalue weighted by molar-refractivity contribution is 7.11. The molecule has 0 saturated carbocycles. The summed E-state index contributed by atoms with van der Waals surface area (Å²) in [5, 5.41) is 3.50. The molecule has 2 heterocycles. The molecule has 0 radical (unpaired) electrons. The van der Waals surface area contributed by atoms with Gasteiger partial charge in [-0.1, -0.05) is 13.8 Å². The lowest BCUT2D eigenvalue weighted by Crippen LogP contribution is -2.31. The summed E-state index contributed by atoms with van der Waals surface area (Å²) in [7, 11) is 2.20. The molecule has 19 heavy (non-hydrogen) atoms. The molecule has 1 atom stereocenters. The van der Waals surface area contributed by atoms with E-state index in [-0.39, 0.29) is 0 Å². The zero-order valence-corrected chi connectivity index (χ0v) is 13.1. The molecule has 3 nitrogen and oxygen atoms in total. The molecule has 0 spiro atoms. The van der Waals surface area contributed by atoms with Gasteiger partial charge in [0.15, 0.2) is 0 Å². The third kappa shape index (κ3) is 4.88. The Morgan fingerprint density at radius 2 is 2.21 bits per heavy atom. The molecule has 0 aromatic carbocycles. The summed E-state index contributed by atoms with van der Waals surface area (Å²) in [5.74, 6) is 0.716. The fraction of sp³-hybridized carbons (Fsp3) is 0.733. The maximum atomic E-state index is 5.45. The van der Waals surface area contributed by atoms with Crippen LogP contribution < -0.4 is 5.32 Å². The van der Waals surface area contributed by atoms with Crippen LogP contribution in [-0.2, 0) is 17.8 Å². The van der Waals surface area contributed by atoms with Crippen LogP contribution in [0.5, 0.6) is 0 Å². The quantitative estimate of drug-likeness (QED) is 0.832. The molecule has 108 valence electrons. The highest BCUT2D eigenvalue weighted by Gasteiger charge is 2.20. The van der Waals surface area contributed by atoms with E-state index in [9.17, 15) is 0 Å². The van der Waals surface area contributed by atoms with Gasteiger partial charge in [0.2, 0.25) is 0 Å². The maximum Gasteiger partial charge on any atom is 0.0622 e. The summed E-state index contributed by atoms with van der Waals surface area (Å²) >= 11 is 1.93. The number of rotatable bonds is 7. The summed E-state index contributed by atoms with van der Waals surface area (Å²) in [5.41, 5.74) is 0. The second-order valence-corrected chi connectivity index (χ2v) is 7.08. The first-order valence-corrected chi connectivity index (χ1v) is 8.03. The molecule has 1 aromatic rings. The van der Waals surface area contributed by atoms with Gasteiger partial charge in [0.05, 0.1) is 6.61 Å². The van der Waals surface area contributed by atoms with E-state index in [1.165, 1.54) is 16.2 Å². The van der Waals surface area contributed by atoms with Gasteiger partial charge in [-0.3, -0.25) is 4.90 Å². The molecule has 0 aliphatic carbocycles. The molecule has 4 heteroatoms. The molecular formula is C15H26N2OS. The molecule has 1 aromatic heterocycles. The predicted molar refractivity (Wildman–Crippen MR) is 81.6 cm³/mol. The van der Waals surface area contributed by atoms with Crippen LogP contribution in [0.15, 0.2) is 12.1 Å². The Kier molecular flexibility index (Phi) is 5.82. The van der Waals surface area contributed by atoms with Crippen LogP contribution in [0.3, 0.4) is 0 Å². The van der Waals surface area contributed by atoms with E-state index in [0.29, 0.717) is 12.0 Å². The minimum absolute atomic E-state index is 0.601. The van der Waals surface area contributed by atoms with Crippen LogP contribution >= 0.6 is 11.3 Å². The molecule has 2 rings (SSSR count). The zero-order chi connectivity index (χ0) is 13.7. The molecule has 0 amide bonds. The lowest BCUT2D eigenvalue weighted by molar-refractivity contribution is 0.157. The van der Waals surface area contributed by atoms with Crippen molar-refractivity contribution < 1.29 is 4.74 Å². The number of hydrogen-bond acceptors (Lipinski definition) is 4. The molecule has 1 unspecified atom stereocenters. The zero-order valence-electron chi connectivity index (χ0n) is 12.3. The normalized spacial score (nSPS) is 19.7. The fourth-order valence-electron chi connectivity index (χ4n) is 2.33. The van der Waals surface area contributed by atoms with Crippen molar-refractivity contribution in [2.75, 3.05) is 26.8 Å². The standard InChI is InChI=1S/C15H26N2OS/c1-12(2)8-16-9-14-4-5-15(19-14)10-17(3)13-6-7-18-11-13/h4-5,12-13,16H,6-11H2,1-3H3. The average molecular weight is 282 g/mol. The van der Waals surface area contributed by atoms with Gasteiger partial charge in [-0.15, -0.1) is 11.3 Å². The molecule has 1 fully saturated rings. The predicted octanol–water partition coefficient (Wildman–Crippen LogP) is 2.71. The van der Waals surface area contributed by atoms with E-state index in [2.05, 4.69) is 43.2 Å². The van der Waals surface area contributed by atoms with Gasteiger partial charge in [-0.05, 0) is 38.1 Å². The average Bonchev–Trinajstić information content (AvgIpc) is 2.99. The van der Waals surface area contributed by atoms with Crippen molar-refractivity contribution in [2.45, 2.75) is 39.4 Å². The van der Waals surface area contributed by atoms with Gasteiger partial charge in [-0.25, -0.2) is 0 Å². The first-order valence-electron chi connectivity index (χ1n) is 7.21. The fourth-order valence-corrected chi connectivity index (χ4v) is 3.38. The highest BCUT2D eigenvalue weighted by atomic mass is 32.1. The van der Waals surface area contributed by atoms with Crippen molar-refractivity contribution in [1.82, 2.24) is 10.2 Å². The Labute approximate surface area is 121 Å². The van der Waals surface area contributed by atoms with Crippen LogP contribution in [0.2, 0.25) is 0 Å². The van der Waals surface area contributed by atoms with E-state index < -0.39 is 0 Å². The van der Waals surface area contributed by atoms with Crippen LogP contribution in [0.25, 0.3) is 0 Å². The Morgan fingerprint density at radius 1 is 1.42 bits per heavy atom. The molecule has 0 bridgehead atoms. The number of likely N-dealkylation sites (N-methyl/N-ethyl adjacent to an activating group) is 1. The van der Waals surface area contributed by atoms with Crippen molar-refractivity contribution in [3.63, 3.8) is 0 Å². The summed E-state index contributed by atoms with van der Waals surface area (Å²) in [6.45, 7) is 9.43. The number of thiophene rings is 1. The molecule has 1 N–H and O–H groups in total. The third-order valence-corrected chi connectivity index (χ3v) is 4.57. The molecule has 1 aliphatic rings. The summed E-state index contributed by atoms with van der Waals surface area (Å²) in [6.07, 6.45) is 1.17. The Hall–Kier alpha value is -0.420. The molecular weight excluding hydrogens is 256 g/mol. The minimum Gasteiger partial charge on any atom is -0.380 e. The lowest BCUT2D eigenvalue weighted by Gasteiger charge is -2.21. The summed E-state index contributed by atoms with van der Waals surface area (Å²) in [6, 6.07) is 5.12. The van der Waals surface area contributed by atoms with Gasteiger partial charge < -0.3 is 10.1 Å². The van der Waals surface area contributed by atoms with Crippen molar-refractivity contribution in [2.24, 2.45) is 5.92 Å². The maximum absolute atomic E-state index is 5.45. The number of hydrogen-bond donors (Lipinski definition) is 1. The van der Waals surface area contributed by atoms with Crippen molar-refractivity contribution >= 4 is 11.3 Å². The van der Waals surface area contributed by atoms with Crippen LogP contribution in [0.1, 0.15) is 30.0 Å². The SMILES string of the molecule is CC(C)CNCc1ccc(CN(C)C2CCOC2)s1. The van der Waals surface area contributed by atoms with Gasteiger partial charge in [-0.2, -0.15) is 0 Å². The van der Waals surface area contributed by atoms with Gasteiger partial charge in [0.1, 0.15) is 0 Å². The third-order valence-electron chi connectivity index (χ3n) is 3.50. The van der Waals surface area contributed by atoms with Gasteiger partial charge in [0.25, 0.3) is 0 Å². The van der Waals surface area contributed by atoms with Crippen molar-refractivity contribution in [1.29, 1.82) is 0 Å². The van der Waals surface area contributed by atoms with Crippen molar-refractivity contribution in [3.05, 3.63) is 21.9 Å². The molecule has 1 saturated heterocycles. The molecule has 1 aliphatic heterocycles. The van der Waals surface area contributed by atoms with Crippen molar-refractivity contribution in [3.8, 4) is 0 Å². The van der Waals surface area contributed by atoms with E-state index in [0.717, 1.165) is 32.8 Å². The van der Waals surface area contributed by atoms with Crippen LogP contribution in [0.4, 0.5) is 0 Å². The van der Waals surface area contributed by atoms with E-state index in [1.807, 2.05) is 11.3 Å². The number of nitrogens with zero attached hydrogens (tertiary/aromatic N) is 1. The van der Waals surface area contributed by atoms with E-state index >= 15 is 0 Å². The smallest absolute Gasteiger partial charge is 0.0622 e. The monoisotopic (exact) mass is 282 g/mol. The minimum atomic E-state index is 0.601. The number of nitrogens with one attached hydrogen (secondary N) is 1. The lowest BCUT2D eigenvalue weighted by atomic mass is 10.2. The summed E-state index contributed by atoms with van der Waals surface area (Å²) in [4.78, 5) is 5.31. The topological polar surface area (TPSA) is 24.5 Å². The van der Waals surface area contributed by atoms with E-state index in [4.69, 9.17) is 4.74 Å². The Morgan fingerprint density at radius 3 is 2.89 bits per heavy atom. The van der Waals surface area contributed by atoms with Gasteiger partial charge in [0, 0.05) is 35.5 Å². The first kappa shape index (κ1) is 15.0. The largest absolute Gasteiger partial charge is 0.380 e. The highest BCUT2D eigenvalue weighted by Crippen LogP contribution is 2.20. The Bertz CT molecular complexity index is 372. The summed E-state index contributed by atoms with van der Waals surface area (Å²) < 4.78 is 5.45. The van der Waals surface area contributed by atoms with Crippen LogP contribution in [0, 0.1) is 5.92 Å². The second kappa shape index (κ2) is 7.39. The van der Waals surface area contributed by atoms with Gasteiger partial charge >= 0.3 is 0 Å². The first-order chi connectivity index (χ1) is 9.15. The van der Waals surface area contributed by atoms with E-state index in [1.54, 1.807) is 0 Å². The second-order valence-electron chi connectivity index (χ2n) is 5.83.